The zero-order valence-corrected chi connectivity index (χ0v) is 12.7. The molecule has 0 radical (unpaired) electrons. The van der Waals surface area contributed by atoms with E-state index in [-0.39, 0.29) is 0 Å². The summed E-state index contributed by atoms with van der Waals surface area (Å²) in [5, 5.41) is 8.09. The van der Waals surface area contributed by atoms with Crippen molar-refractivity contribution in [3.63, 3.8) is 0 Å². The summed E-state index contributed by atoms with van der Waals surface area (Å²) in [5.74, 6) is 0.960. The summed E-state index contributed by atoms with van der Waals surface area (Å²) in [7, 11) is 0. The van der Waals surface area contributed by atoms with Crippen LogP contribution in [0, 0.1) is 5.92 Å². The SMILES string of the molecule is CCCn1cc(CN(CC2CC2)CC2CCCN2)cn1. The first-order valence-electron chi connectivity index (χ1n) is 8.30. The molecule has 1 aromatic rings. The van der Waals surface area contributed by atoms with E-state index in [4.69, 9.17) is 0 Å². The van der Waals surface area contributed by atoms with Gasteiger partial charge in [-0.25, -0.2) is 0 Å². The molecule has 1 saturated heterocycles. The summed E-state index contributed by atoms with van der Waals surface area (Å²) in [5.41, 5.74) is 1.37. The van der Waals surface area contributed by atoms with Crippen LogP contribution in [0.4, 0.5) is 0 Å². The third-order valence-electron chi connectivity index (χ3n) is 4.40. The van der Waals surface area contributed by atoms with E-state index >= 15 is 0 Å². The second-order valence-corrected chi connectivity index (χ2v) is 6.54. The fourth-order valence-electron chi connectivity index (χ4n) is 3.19. The lowest BCUT2D eigenvalue weighted by Gasteiger charge is -2.25. The summed E-state index contributed by atoms with van der Waals surface area (Å²) in [6.45, 7) is 7.99. The van der Waals surface area contributed by atoms with Gasteiger partial charge < -0.3 is 5.32 Å². The second-order valence-electron chi connectivity index (χ2n) is 6.54. The van der Waals surface area contributed by atoms with Gasteiger partial charge in [0.05, 0.1) is 6.20 Å². The number of aryl methyl sites for hydroxylation is 1. The van der Waals surface area contributed by atoms with Gasteiger partial charge in [-0.3, -0.25) is 9.58 Å². The summed E-state index contributed by atoms with van der Waals surface area (Å²) in [4.78, 5) is 2.65. The highest BCUT2D eigenvalue weighted by atomic mass is 15.3. The van der Waals surface area contributed by atoms with E-state index < -0.39 is 0 Å². The minimum absolute atomic E-state index is 0.708. The molecule has 3 rings (SSSR count). The van der Waals surface area contributed by atoms with Crippen LogP contribution in [-0.2, 0) is 13.1 Å². The summed E-state index contributed by atoms with van der Waals surface area (Å²) >= 11 is 0. The van der Waals surface area contributed by atoms with Gasteiger partial charge in [-0.15, -0.1) is 0 Å². The largest absolute Gasteiger partial charge is 0.313 e. The Bertz CT molecular complexity index is 404. The first kappa shape index (κ1) is 14.1. The highest BCUT2D eigenvalue weighted by Crippen LogP contribution is 2.30. The molecule has 1 N–H and O–H groups in total. The number of nitrogens with zero attached hydrogens (tertiary/aromatic N) is 3. The van der Waals surface area contributed by atoms with Gasteiger partial charge in [0, 0.05) is 44.0 Å². The van der Waals surface area contributed by atoms with Crippen molar-refractivity contribution in [2.24, 2.45) is 5.92 Å². The zero-order chi connectivity index (χ0) is 13.8. The predicted molar refractivity (Wildman–Crippen MR) is 81.5 cm³/mol. The van der Waals surface area contributed by atoms with Crippen LogP contribution in [0.5, 0.6) is 0 Å². The quantitative estimate of drug-likeness (QED) is 0.790. The lowest BCUT2D eigenvalue weighted by atomic mass is 10.2. The maximum absolute atomic E-state index is 4.46. The first-order chi connectivity index (χ1) is 9.83. The molecule has 1 aliphatic heterocycles. The Hall–Kier alpha value is -0.870. The van der Waals surface area contributed by atoms with Gasteiger partial charge in [0.15, 0.2) is 0 Å². The van der Waals surface area contributed by atoms with Crippen molar-refractivity contribution < 1.29 is 0 Å². The van der Waals surface area contributed by atoms with Crippen LogP contribution in [0.2, 0.25) is 0 Å². The average Bonchev–Trinajstić information content (AvgIpc) is 2.90. The maximum atomic E-state index is 4.46. The number of rotatable bonds is 8. The Labute approximate surface area is 122 Å². The van der Waals surface area contributed by atoms with Crippen molar-refractivity contribution in [3.8, 4) is 0 Å². The molecule has 2 heterocycles. The van der Waals surface area contributed by atoms with E-state index in [9.17, 15) is 0 Å². The van der Waals surface area contributed by atoms with Crippen molar-refractivity contribution in [2.75, 3.05) is 19.6 Å². The normalized spacial score (nSPS) is 22.8. The monoisotopic (exact) mass is 276 g/mol. The van der Waals surface area contributed by atoms with Crippen molar-refractivity contribution in [3.05, 3.63) is 18.0 Å². The molecule has 2 aliphatic rings. The maximum Gasteiger partial charge on any atom is 0.0534 e. The molecule has 2 fully saturated rings. The molecule has 1 aromatic heterocycles. The van der Waals surface area contributed by atoms with Crippen molar-refractivity contribution in [2.45, 2.75) is 58.2 Å². The number of hydrogen-bond acceptors (Lipinski definition) is 3. The van der Waals surface area contributed by atoms with E-state index in [1.807, 2.05) is 0 Å². The molecule has 4 heteroatoms. The van der Waals surface area contributed by atoms with Crippen LogP contribution >= 0.6 is 0 Å². The number of hydrogen-bond donors (Lipinski definition) is 1. The predicted octanol–water partition coefficient (Wildman–Crippen LogP) is 2.26. The van der Waals surface area contributed by atoms with Crippen molar-refractivity contribution in [1.82, 2.24) is 20.0 Å². The molecule has 20 heavy (non-hydrogen) atoms. The van der Waals surface area contributed by atoms with Gasteiger partial charge in [-0.05, 0) is 44.6 Å². The second kappa shape index (κ2) is 6.72. The summed E-state index contributed by atoms with van der Waals surface area (Å²) < 4.78 is 2.08. The molecule has 1 unspecified atom stereocenters. The standard InChI is InChI=1S/C16H28N4/c1-2-8-20-12-15(9-18-20)11-19(10-14-5-6-14)13-16-4-3-7-17-16/h9,12,14,16-17H,2-8,10-11,13H2,1H3. The third kappa shape index (κ3) is 4.06. The average molecular weight is 276 g/mol. The molecule has 0 bridgehead atoms. The fourth-order valence-corrected chi connectivity index (χ4v) is 3.19. The number of nitrogens with one attached hydrogen (secondary N) is 1. The van der Waals surface area contributed by atoms with Crippen LogP contribution in [0.3, 0.4) is 0 Å². The smallest absolute Gasteiger partial charge is 0.0534 e. The molecule has 0 aromatic carbocycles. The Kier molecular flexibility index (Phi) is 4.73. The molecule has 1 atom stereocenters. The Morgan fingerprint density at radius 2 is 2.25 bits per heavy atom. The van der Waals surface area contributed by atoms with E-state index in [0.717, 1.165) is 25.4 Å². The Balaban J connectivity index is 1.55. The Morgan fingerprint density at radius 1 is 1.35 bits per heavy atom. The molecule has 1 saturated carbocycles. The molecular weight excluding hydrogens is 248 g/mol. The Morgan fingerprint density at radius 3 is 2.95 bits per heavy atom. The lowest BCUT2D eigenvalue weighted by molar-refractivity contribution is 0.232. The van der Waals surface area contributed by atoms with Crippen LogP contribution in [0.1, 0.15) is 44.6 Å². The third-order valence-corrected chi connectivity index (χ3v) is 4.40. The van der Waals surface area contributed by atoms with Crippen LogP contribution in [0.25, 0.3) is 0 Å². The van der Waals surface area contributed by atoms with E-state index in [0.29, 0.717) is 6.04 Å². The van der Waals surface area contributed by atoms with E-state index in [2.05, 4.69) is 39.3 Å². The van der Waals surface area contributed by atoms with Crippen molar-refractivity contribution in [1.29, 1.82) is 0 Å². The van der Waals surface area contributed by atoms with E-state index in [1.165, 1.54) is 50.9 Å². The summed E-state index contributed by atoms with van der Waals surface area (Å²) in [6.07, 6.45) is 11.0. The molecule has 112 valence electrons. The van der Waals surface area contributed by atoms with Gasteiger partial charge >= 0.3 is 0 Å². The molecule has 0 spiro atoms. The van der Waals surface area contributed by atoms with Crippen molar-refractivity contribution >= 4 is 0 Å². The minimum atomic E-state index is 0.708. The van der Waals surface area contributed by atoms with Gasteiger partial charge in [0.1, 0.15) is 0 Å². The topological polar surface area (TPSA) is 33.1 Å². The first-order valence-corrected chi connectivity index (χ1v) is 8.30. The van der Waals surface area contributed by atoms with Gasteiger partial charge in [0.2, 0.25) is 0 Å². The van der Waals surface area contributed by atoms with Crippen LogP contribution < -0.4 is 5.32 Å². The highest BCUT2D eigenvalue weighted by molar-refractivity contribution is 5.04. The van der Waals surface area contributed by atoms with Gasteiger partial charge in [-0.1, -0.05) is 6.92 Å². The number of aromatic nitrogens is 2. The molecular formula is C16H28N4. The summed E-state index contributed by atoms with van der Waals surface area (Å²) in [6, 6.07) is 0.708. The lowest BCUT2D eigenvalue weighted by Crippen LogP contribution is -2.38. The van der Waals surface area contributed by atoms with Gasteiger partial charge in [0.25, 0.3) is 0 Å². The van der Waals surface area contributed by atoms with Crippen LogP contribution in [-0.4, -0.2) is 40.4 Å². The fraction of sp³-hybridized carbons (Fsp3) is 0.812. The molecule has 1 aliphatic carbocycles. The zero-order valence-electron chi connectivity index (χ0n) is 12.7. The molecule has 4 nitrogen and oxygen atoms in total. The van der Waals surface area contributed by atoms with E-state index in [1.54, 1.807) is 0 Å². The van der Waals surface area contributed by atoms with Crippen LogP contribution in [0.15, 0.2) is 12.4 Å². The minimum Gasteiger partial charge on any atom is -0.313 e. The highest BCUT2D eigenvalue weighted by Gasteiger charge is 2.26. The molecule has 0 amide bonds. The van der Waals surface area contributed by atoms with Gasteiger partial charge in [-0.2, -0.15) is 5.10 Å².